The highest BCUT2D eigenvalue weighted by Gasteiger charge is 2.07. The summed E-state index contributed by atoms with van der Waals surface area (Å²) in [5, 5.41) is 3.18. The summed E-state index contributed by atoms with van der Waals surface area (Å²) in [7, 11) is 0. The summed E-state index contributed by atoms with van der Waals surface area (Å²) in [6.45, 7) is 0. The molecule has 2 aromatic carbocycles. The van der Waals surface area contributed by atoms with Crippen LogP contribution >= 0.6 is 39.0 Å². The van der Waals surface area contributed by atoms with Crippen molar-refractivity contribution in [3.63, 3.8) is 0 Å². The van der Waals surface area contributed by atoms with E-state index in [1.807, 2.05) is 36.4 Å². The second-order valence-corrected chi connectivity index (χ2v) is 7.37. The smallest absolute Gasteiger partial charge is 0.104 e. The third-order valence-corrected chi connectivity index (χ3v) is 5.48. The molecule has 2 N–H and O–H groups in total. The lowest BCUT2D eigenvalue weighted by atomic mass is 10.1. The Balaban J connectivity index is 1.72. The highest BCUT2D eigenvalue weighted by atomic mass is 79.9. The van der Waals surface area contributed by atoms with E-state index in [-0.39, 0.29) is 0 Å². The third kappa shape index (κ3) is 3.67. The zero-order chi connectivity index (χ0) is 14.7. The van der Waals surface area contributed by atoms with Crippen molar-refractivity contribution in [1.82, 2.24) is 4.98 Å². The number of aromatic nitrogens is 1. The fourth-order valence-corrected chi connectivity index (χ4v) is 4.25. The predicted molar refractivity (Wildman–Crippen MR) is 95.7 cm³/mol. The molecule has 0 fully saturated rings. The molecule has 0 amide bonds. The average molecular weight is 377 g/mol. The monoisotopic (exact) mass is 376 g/mol. The van der Waals surface area contributed by atoms with Gasteiger partial charge in [0.1, 0.15) is 5.01 Å². The number of hydrogen-bond acceptors (Lipinski definition) is 4. The maximum absolute atomic E-state index is 6.00. The maximum atomic E-state index is 6.00. The summed E-state index contributed by atoms with van der Waals surface area (Å²) >= 11 is 6.96. The summed E-state index contributed by atoms with van der Waals surface area (Å²) in [6.07, 6.45) is 0. The molecule has 2 nitrogen and oxygen atoms in total. The minimum absolute atomic E-state index is 0.772. The summed E-state index contributed by atoms with van der Waals surface area (Å²) in [4.78, 5) is 5.92. The van der Waals surface area contributed by atoms with Crippen LogP contribution < -0.4 is 5.73 Å². The van der Waals surface area contributed by atoms with Crippen molar-refractivity contribution in [2.45, 2.75) is 10.6 Å². The molecule has 0 bridgehead atoms. The number of hydrogen-bond donors (Lipinski definition) is 1. The lowest BCUT2D eigenvalue weighted by Gasteiger charge is -2.01. The summed E-state index contributed by atoms with van der Waals surface area (Å²) in [6, 6.07) is 16.2. The van der Waals surface area contributed by atoms with E-state index in [2.05, 4.69) is 38.4 Å². The molecule has 0 atom stereocenters. The van der Waals surface area contributed by atoms with Crippen LogP contribution in [-0.4, -0.2) is 4.98 Å². The molecular weight excluding hydrogens is 364 g/mol. The SMILES string of the molecule is Nc1ccccc1-c1csc(CSc2cccc(Br)c2)n1. The molecule has 5 heteroatoms. The quantitative estimate of drug-likeness (QED) is 0.486. The molecule has 3 rings (SSSR count). The predicted octanol–water partition coefficient (Wildman–Crippen LogP) is 5.45. The molecule has 0 aliphatic heterocycles. The van der Waals surface area contributed by atoms with Crippen LogP contribution in [0.5, 0.6) is 0 Å². The van der Waals surface area contributed by atoms with Crippen LogP contribution in [0.25, 0.3) is 11.3 Å². The minimum atomic E-state index is 0.772. The van der Waals surface area contributed by atoms with Crippen molar-refractivity contribution in [2.24, 2.45) is 0 Å². The van der Waals surface area contributed by atoms with E-state index < -0.39 is 0 Å². The van der Waals surface area contributed by atoms with Crippen LogP contribution in [0, 0.1) is 0 Å². The van der Waals surface area contributed by atoms with Crippen LogP contribution in [-0.2, 0) is 5.75 Å². The molecule has 0 saturated carbocycles. The standard InChI is InChI=1S/C16H13BrN2S2/c17-11-4-3-5-12(8-11)20-10-16-19-15(9-21-16)13-6-1-2-7-14(13)18/h1-9H,10,18H2. The van der Waals surface area contributed by atoms with Gasteiger partial charge >= 0.3 is 0 Å². The minimum Gasteiger partial charge on any atom is -0.398 e. The molecular formula is C16H13BrN2S2. The lowest BCUT2D eigenvalue weighted by Crippen LogP contribution is -1.89. The molecule has 1 aromatic heterocycles. The van der Waals surface area contributed by atoms with Crippen LogP contribution in [0.2, 0.25) is 0 Å². The molecule has 0 radical (unpaired) electrons. The van der Waals surface area contributed by atoms with Gasteiger partial charge in [0.05, 0.1) is 11.4 Å². The number of nitrogens with two attached hydrogens (primary N) is 1. The van der Waals surface area contributed by atoms with Gasteiger partial charge in [-0.25, -0.2) is 4.98 Å². The Morgan fingerprint density at radius 2 is 2.00 bits per heavy atom. The Labute approximate surface area is 140 Å². The Morgan fingerprint density at radius 3 is 2.81 bits per heavy atom. The molecule has 1 heterocycles. The van der Waals surface area contributed by atoms with E-state index in [0.717, 1.165) is 32.2 Å². The van der Waals surface area contributed by atoms with Gasteiger partial charge in [-0.3, -0.25) is 0 Å². The van der Waals surface area contributed by atoms with Crippen LogP contribution in [0.15, 0.2) is 63.3 Å². The first-order valence-electron chi connectivity index (χ1n) is 6.40. The van der Waals surface area contributed by atoms with Gasteiger partial charge in [0, 0.05) is 26.0 Å². The molecule has 106 valence electrons. The van der Waals surface area contributed by atoms with Crippen molar-refractivity contribution in [3.8, 4) is 11.3 Å². The van der Waals surface area contributed by atoms with E-state index in [1.165, 1.54) is 4.90 Å². The summed E-state index contributed by atoms with van der Waals surface area (Å²) in [5.74, 6) is 0.869. The van der Waals surface area contributed by atoms with Gasteiger partial charge in [-0.2, -0.15) is 0 Å². The van der Waals surface area contributed by atoms with Crippen LogP contribution in [0.1, 0.15) is 5.01 Å². The van der Waals surface area contributed by atoms with E-state index in [9.17, 15) is 0 Å². The molecule has 3 aromatic rings. The molecule has 0 unspecified atom stereocenters. The highest BCUT2D eigenvalue weighted by molar-refractivity contribution is 9.10. The van der Waals surface area contributed by atoms with Crippen molar-refractivity contribution >= 4 is 44.7 Å². The topological polar surface area (TPSA) is 38.9 Å². The fourth-order valence-electron chi connectivity index (χ4n) is 1.93. The number of halogens is 1. The number of thioether (sulfide) groups is 1. The molecule has 21 heavy (non-hydrogen) atoms. The highest BCUT2D eigenvalue weighted by Crippen LogP contribution is 2.30. The molecule has 0 spiro atoms. The van der Waals surface area contributed by atoms with Crippen molar-refractivity contribution in [1.29, 1.82) is 0 Å². The van der Waals surface area contributed by atoms with E-state index >= 15 is 0 Å². The molecule has 0 aliphatic carbocycles. The number of nitrogen functional groups attached to an aromatic ring is 1. The van der Waals surface area contributed by atoms with E-state index in [0.29, 0.717) is 0 Å². The first-order valence-corrected chi connectivity index (χ1v) is 9.06. The fraction of sp³-hybridized carbons (Fsp3) is 0.0625. The Morgan fingerprint density at radius 1 is 1.14 bits per heavy atom. The van der Waals surface area contributed by atoms with E-state index in [1.54, 1.807) is 23.1 Å². The number of rotatable bonds is 4. The third-order valence-electron chi connectivity index (χ3n) is 2.95. The molecule has 0 aliphatic rings. The Hall–Kier alpha value is -1.30. The van der Waals surface area contributed by atoms with Gasteiger partial charge < -0.3 is 5.73 Å². The zero-order valence-electron chi connectivity index (χ0n) is 11.1. The number of anilines is 1. The maximum Gasteiger partial charge on any atom is 0.104 e. The van der Waals surface area contributed by atoms with Gasteiger partial charge in [0.15, 0.2) is 0 Å². The van der Waals surface area contributed by atoms with Gasteiger partial charge in [0.2, 0.25) is 0 Å². The number of benzene rings is 2. The summed E-state index contributed by atoms with van der Waals surface area (Å²) in [5.41, 5.74) is 8.74. The first kappa shape index (κ1) is 14.6. The zero-order valence-corrected chi connectivity index (χ0v) is 14.3. The number of nitrogens with zero attached hydrogens (tertiary/aromatic N) is 1. The Bertz CT molecular complexity index is 755. The van der Waals surface area contributed by atoms with Crippen LogP contribution in [0.3, 0.4) is 0 Å². The summed E-state index contributed by atoms with van der Waals surface area (Å²) < 4.78 is 1.10. The lowest BCUT2D eigenvalue weighted by molar-refractivity contribution is 1.26. The van der Waals surface area contributed by atoms with Crippen LogP contribution in [0.4, 0.5) is 5.69 Å². The second-order valence-electron chi connectivity index (χ2n) is 4.46. The number of para-hydroxylation sites is 1. The van der Waals surface area contributed by atoms with Crippen molar-refractivity contribution < 1.29 is 0 Å². The normalized spacial score (nSPS) is 10.7. The number of thiazole rings is 1. The van der Waals surface area contributed by atoms with Gasteiger partial charge in [-0.1, -0.05) is 40.2 Å². The van der Waals surface area contributed by atoms with Gasteiger partial charge in [0.25, 0.3) is 0 Å². The first-order chi connectivity index (χ1) is 10.2. The second kappa shape index (κ2) is 6.64. The molecule has 0 saturated heterocycles. The van der Waals surface area contributed by atoms with Gasteiger partial charge in [-0.15, -0.1) is 23.1 Å². The van der Waals surface area contributed by atoms with E-state index in [4.69, 9.17) is 5.73 Å². The average Bonchev–Trinajstić information content (AvgIpc) is 2.94. The van der Waals surface area contributed by atoms with Gasteiger partial charge in [-0.05, 0) is 24.3 Å². The largest absolute Gasteiger partial charge is 0.398 e. The van der Waals surface area contributed by atoms with Crippen molar-refractivity contribution in [3.05, 3.63) is 63.4 Å². The Kier molecular flexibility index (Phi) is 4.63. The van der Waals surface area contributed by atoms with Crippen molar-refractivity contribution in [2.75, 3.05) is 5.73 Å².